The summed E-state index contributed by atoms with van der Waals surface area (Å²) in [5.74, 6) is 2.78. The molecular weight excluding hydrogens is 475 g/mol. The van der Waals surface area contributed by atoms with Gasteiger partial charge in [0.25, 0.3) is 0 Å². The van der Waals surface area contributed by atoms with Crippen molar-refractivity contribution in [1.29, 1.82) is 0 Å². The van der Waals surface area contributed by atoms with Gasteiger partial charge in [-0.1, -0.05) is 38.1 Å². The predicted molar refractivity (Wildman–Crippen MR) is 130 cm³/mol. The molecule has 6 heteroatoms. The second-order valence-electron chi connectivity index (χ2n) is 8.62. The number of amides is 1. The van der Waals surface area contributed by atoms with Crippen LogP contribution in [0.5, 0.6) is 0 Å². The van der Waals surface area contributed by atoms with Crippen LogP contribution in [0.25, 0.3) is 0 Å². The maximum absolute atomic E-state index is 12.5. The van der Waals surface area contributed by atoms with E-state index in [4.69, 9.17) is 0 Å². The maximum atomic E-state index is 12.5. The van der Waals surface area contributed by atoms with Gasteiger partial charge >= 0.3 is 0 Å². The monoisotopic (exact) mass is 512 g/mol. The standard InChI is InChI=1S/C23H36N4O.HI/c1-17(2)18-10-12-21(13-11-18)26-23(24-3)25-14-6-9-22(28)27-15-19-7-4-5-8-20(19)16-27;/h4-5,7-8,17-18,21H,6,9-16H2,1-3H3,(H2,24,25,26);1H. The van der Waals surface area contributed by atoms with Crippen LogP contribution in [-0.4, -0.2) is 36.4 Å². The Morgan fingerprint density at radius 2 is 1.76 bits per heavy atom. The average molecular weight is 512 g/mol. The van der Waals surface area contributed by atoms with E-state index >= 15 is 0 Å². The van der Waals surface area contributed by atoms with Crippen molar-refractivity contribution in [3.63, 3.8) is 0 Å². The van der Waals surface area contributed by atoms with Crippen molar-refractivity contribution < 1.29 is 4.79 Å². The number of nitrogens with zero attached hydrogens (tertiary/aromatic N) is 2. The number of halogens is 1. The van der Waals surface area contributed by atoms with E-state index in [-0.39, 0.29) is 29.9 Å². The van der Waals surface area contributed by atoms with Crippen molar-refractivity contribution in [2.24, 2.45) is 16.8 Å². The van der Waals surface area contributed by atoms with Crippen molar-refractivity contribution in [1.82, 2.24) is 15.5 Å². The number of carbonyl (C=O) groups is 1. The van der Waals surface area contributed by atoms with Crippen molar-refractivity contribution in [2.75, 3.05) is 13.6 Å². The van der Waals surface area contributed by atoms with Crippen LogP contribution in [0, 0.1) is 11.8 Å². The van der Waals surface area contributed by atoms with Crippen LogP contribution in [0.4, 0.5) is 0 Å². The van der Waals surface area contributed by atoms with E-state index in [1.807, 2.05) is 24.1 Å². The number of carbonyl (C=O) groups excluding carboxylic acids is 1. The van der Waals surface area contributed by atoms with Gasteiger partial charge < -0.3 is 15.5 Å². The van der Waals surface area contributed by atoms with Crippen molar-refractivity contribution in [2.45, 2.75) is 71.5 Å². The minimum atomic E-state index is 0. The third-order valence-electron chi connectivity index (χ3n) is 6.33. The number of aliphatic imine (C=N–C) groups is 1. The topological polar surface area (TPSA) is 56.7 Å². The fourth-order valence-electron chi connectivity index (χ4n) is 4.43. The number of rotatable bonds is 6. The molecule has 5 nitrogen and oxygen atoms in total. The van der Waals surface area contributed by atoms with Crippen LogP contribution >= 0.6 is 24.0 Å². The first-order chi connectivity index (χ1) is 13.6. The minimum absolute atomic E-state index is 0. The van der Waals surface area contributed by atoms with E-state index in [0.29, 0.717) is 12.5 Å². The highest BCUT2D eigenvalue weighted by atomic mass is 127. The van der Waals surface area contributed by atoms with Gasteiger partial charge in [-0.2, -0.15) is 0 Å². The Kier molecular flexibility index (Phi) is 9.72. The summed E-state index contributed by atoms with van der Waals surface area (Å²) in [7, 11) is 1.82. The average Bonchev–Trinajstić information content (AvgIpc) is 3.15. The van der Waals surface area contributed by atoms with Gasteiger partial charge in [0.05, 0.1) is 0 Å². The van der Waals surface area contributed by atoms with Crippen LogP contribution in [0.15, 0.2) is 29.3 Å². The zero-order chi connectivity index (χ0) is 19.9. The van der Waals surface area contributed by atoms with Crippen LogP contribution in [0.2, 0.25) is 0 Å². The molecule has 3 rings (SSSR count). The van der Waals surface area contributed by atoms with E-state index in [1.54, 1.807) is 0 Å². The highest BCUT2D eigenvalue weighted by molar-refractivity contribution is 14.0. The molecule has 1 amide bonds. The van der Waals surface area contributed by atoms with Gasteiger partial charge in [0.1, 0.15) is 0 Å². The summed E-state index contributed by atoms with van der Waals surface area (Å²) in [6.45, 7) is 6.95. The lowest BCUT2D eigenvalue weighted by molar-refractivity contribution is -0.131. The van der Waals surface area contributed by atoms with Gasteiger partial charge in [-0.15, -0.1) is 24.0 Å². The molecule has 1 fully saturated rings. The molecule has 29 heavy (non-hydrogen) atoms. The summed E-state index contributed by atoms with van der Waals surface area (Å²) in [4.78, 5) is 18.8. The van der Waals surface area contributed by atoms with Gasteiger partial charge in [-0.05, 0) is 55.1 Å². The van der Waals surface area contributed by atoms with Crippen LogP contribution in [0.1, 0.15) is 63.5 Å². The van der Waals surface area contributed by atoms with E-state index in [1.165, 1.54) is 36.8 Å². The van der Waals surface area contributed by atoms with Crippen LogP contribution in [-0.2, 0) is 17.9 Å². The zero-order valence-electron chi connectivity index (χ0n) is 18.1. The molecule has 1 saturated carbocycles. The minimum Gasteiger partial charge on any atom is -0.356 e. The fraction of sp³-hybridized carbons (Fsp3) is 0.652. The number of fused-ring (bicyclic) bond motifs is 1. The Morgan fingerprint density at radius 1 is 1.14 bits per heavy atom. The summed E-state index contributed by atoms with van der Waals surface area (Å²) >= 11 is 0. The molecule has 1 aliphatic heterocycles. The van der Waals surface area contributed by atoms with Crippen molar-refractivity contribution >= 4 is 35.8 Å². The van der Waals surface area contributed by atoms with Gasteiger partial charge in [0.15, 0.2) is 5.96 Å². The summed E-state index contributed by atoms with van der Waals surface area (Å²) in [6, 6.07) is 8.85. The molecule has 0 bridgehead atoms. The first-order valence-corrected chi connectivity index (χ1v) is 10.9. The molecule has 1 heterocycles. The summed E-state index contributed by atoms with van der Waals surface area (Å²) in [5.41, 5.74) is 2.57. The molecular formula is C23H37IN4O. The Balaban J connectivity index is 0.00000300. The molecule has 0 radical (unpaired) electrons. The highest BCUT2D eigenvalue weighted by Gasteiger charge is 2.24. The Hall–Kier alpha value is -1.31. The number of nitrogens with one attached hydrogen (secondary N) is 2. The molecule has 2 aliphatic rings. The maximum Gasteiger partial charge on any atom is 0.223 e. The van der Waals surface area contributed by atoms with E-state index in [9.17, 15) is 4.79 Å². The molecule has 1 aromatic rings. The van der Waals surface area contributed by atoms with Crippen LogP contribution in [0.3, 0.4) is 0 Å². The predicted octanol–water partition coefficient (Wildman–Crippen LogP) is 4.31. The third kappa shape index (κ3) is 6.86. The number of guanidine groups is 1. The lowest BCUT2D eigenvalue weighted by atomic mass is 9.80. The van der Waals surface area contributed by atoms with E-state index in [2.05, 4.69) is 41.6 Å². The largest absolute Gasteiger partial charge is 0.356 e. The SMILES string of the molecule is CN=C(NCCCC(=O)N1Cc2ccccc2C1)NC1CCC(C(C)C)CC1.I. The summed E-state index contributed by atoms with van der Waals surface area (Å²) < 4.78 is 0. The molecule has 0 aromatic heterocycles. The molecule has 2 N–H and O–H groups in total. The number of benzene rings is 1. The second kappa shape index (κ2) is 11.8. The van der Waals surface area contributed by atoms with Gasteiger partial charge in [-0.25, -0.2) is 0 Å². The first-order valence-electron chi connectivity index (χ1n) is 10.9. The molecule has 1 aliphatic carbocycles. The van der Waals surface area contributed by atoms with Gasteiger partial charge in [0.2, 0.25) is 5.91 Å². The van der Waals surface area contributed by atoms with E-state index < -0.39 is 0 Å². The fourth-order valence-corrected chi connectivity index (χ4v) is 4.43. The molecule has 162 valence electrons. The van der Waals surface area contributed by atoms with Crippen molar-refractivity contribution in [3.05, 3.63) is 35.4 Å². The van der Waals surface area contributed by atoms with Gasteiger partial charge in [-0.3, -0.25) is 9.79 Å². The molecule has 0 atom stereocenters. The normalized spacial score (nSPS) is 21.5. The first kappa shape index (κ1) is 24.0. The lowest BCUT2D eigenvalue weighted by Crippen LogP contribution is -2.45. The lowest BCUT2D eigenvalue weighted by Gasteiger charge is -2.32. The Bertz CT molecular complexity index is 658. The quantitative estimate of drug-likeness (QED) is 0.259. The smallest absolute Gasteiger partial charge is 0.223 e. The Morgan fingerprint density at radius 3 is 2.31 bits per heavy atom. The van der Waals surface area contributed by atoms with Crippen LogP contribution < -0.4 is 10.6 Å². The van der Waals surface area contributed by atoms with Gasteiger partial charge in [0, 0.05) is 39.1 Å². The molecule has 1 aromatic carbocycles. The second-order valence-corrected chi connectivity index (χ2v) is 8.62. The zero-order valence-corrected chi connectivity index (χ0v) is 20.4. The number of hydrogen-bond donors (Lipinski definition) is 2. The van der Waals surface area contributed by atoms with E-state index in [0.717, 1.165) is 43.9 Å². The summed E-state index contributed by atoms with van der Waals surface area (Å²) in [6.07, 6.45) is 6.46. The summed E-state index contributed by atoms with van der Waals surface area (Å²) in [5, 5.41) is 6.95. The molecule has 0 spiro atoms. The Labute approximate surface area is 193 Å². The highest BCUT2D eigenvalue weighted by Crippen LogP contribution is 2.29. The molecule has 0 saturated heterocycles. The molecule has 0 unspecified atom stereocenters. The van der Waals surface area contributed by atoms with Crippen molar-refractivity contribution in [3.8, 4) is 0 Å². The number of hydrogen-bond acceptors (Lipinski definition) is 2. The third-order valence-corrected chi connectivity index (χ3v) is 6.33.